The zero-order valence-corrected chi connectivity index (χ0v) is 10.0. The lowest BCUT2D eigenvalue weighted by atomic mass is 9.98. The molecule has 0 aromatic carbocycles. The van der Waals surface area contributed by atoms with Gasteiger partial charge in [0.2, 0.25) is 0 Å². The third-order valence-electron chi connectivity index (χ3n) is 2.79. The van der Waals surface area contributed by atoms with E-state index in [0.29, 0.717) is 19.5 Å². The van der Waals surface area contributed by atoms with Crippen molar-refractivity contribution in [2.45, 2.75) is 39.3 Å². The van der Waals surface area contributed by atoms with E-state index in [1.54, 1.807) is 13.1 Å². The van der Waals surface area contributed by atoms with E-state index in [1.165, 1.54) is 0 Å². The number of aliphatic carboxylic acids is 1. The van der Waals surface area contributed by atoms with Crippen LogP contribution in [-0.2, 0) is 11.3 Å². The molecule has 1 unspecified atom stereocenters. The molecule has 0 fully saturated rings. The lowest BCUT2D eigenvalue weighted by molar-refractivity contribution is -0.144. The van der Waals surface area contributed by atoms with Gasteiger partial charge in [-0.15, -0.1) is 0 Å². The highest BCUT2D eigenvalue weighted by Crippen LogP contribution is 2.12. The topological polar surface area (TPSA) is 67.2 Å². The molecule has 0 aliphatic carbocycles. The summed E-state index contributed by atoms with van der Waals surface area (Å²) in [5, 5.41) is 16.3. The van der Waals surface area contributed by atoms with Gasteiger partial charge in [-0.05, 0) is 32.9 Å². The van der Waals surface area contributed by atoms with Crippen molar-refractivity contribution < 1.29 is 9.90 Å². The second-order valence-corrected chi connectivity index (χ2v) is 4.11. The Morgan fingerprint density at radius 2 is 2.38 bits per heavy atom. The molecule has 1 heterocycles. The molecule has 0 spiro atoms. The molecule has 1 atom stereocenters. The minimum atomic E-state index is -0.882. The Labute approximate surface area is 95.5 Å². The van der Waals surface area contributed by atoms with E-state index in [4.69, 9.17) is 5.11 Å². The average molecular weight is 225 g/mol. The number of likely N-dealkylation sites (N-methyl/N-ethyl adjacent to an activating group) is 1. The normalized spacial score (nSPS) is 14.7. The third-order valence-corrected chi connectivity index (χ3v) is 2.79. The Hall–Kier alpha value is -1.36. The van der Waals surface area contributed by atoms with Gasteiger partial charge >= 0.3 is 5.97 Å². The zero-order valence-electron chi connectivity index (χ0n) is 10.0. The number of carbonyl (C=O) groups is 1. The lowest BCUT2D eigenvalue weighted by Gasteiger charge is -2.25. The van der Waals surface area contributed by atoms with Crippen molar-refractivity contribution in [3.05, 3.63) is 18.0 Å². The Bertz CT molecular complexity index is 362. The van der Waals surface area contributed by atoms with Crippen LogP contribution in [0.4, 0.5) is 0 Å². The minimum absolute atomic E-state index is 0.513. The van der Waals surface area contributed by atoms with Crippen LogP contribution >= 0.6 is 0 Å². The molecule has 0 aliphatic rings. The van der Waals surface area contributed by atoms with Crippen molar-refractivity contribution in [2.24, 2.45) is 0 Å². The fourth-order valence-electron chi connectivity index (χ4n) is 1.62. The summed E-state index contributed by atoms with van der Waals surface area (Å²) in [5.74, 6) is -0.820. The van der Waals surface area contributed by atoms with Gasteiger partial charge in [0.1, 0.15) is 5.54 Å². The summed E-state index contributed by atoms with van der Waals surface area (Å²) in [6.07, 6.45) is 2.24. The van der Waals surface area contributed by atoms with Crippen molar-refractivity contribution in [1.29, 1.82) is 0 Å². The van der Waals surface area contributed by atoms with Crippen LogP contribution in [0.2, 0.25) is 0 Å². The molecule has 0 amide bonds. The standard InChI is InChI=1S/C11H19N3O2/c1-4-12-11(3,10(15)16)6-8-14-9(2)5-7-13-14/h5,7,12H,4,6,8H2,1-3H3,(H,15,16). The fourth-order valence-corrected chi connectivity index (χ4v) is 1.62. The number of nitrogens with zero attached hydrogens (tertiary/aromatic N) is 2. The van der Waals surface area contributed by atoms with Gasteiger partial charge in [0.05, 0.1) is 0 Å². The van der Waals surface area contributed by atoms with Crippen molar-refractivity contribution in [3.8, 4) is 0 Å². The number of hydrogen-bond acceptors (Lipinski definition) is 3. The van der Waals surface area contributed by atoms with Crippen LogP contribution in [0.1, 0.15) is 26.0 Å². The van der Waals surface area contributed by atoms with Crippen LogP contribution in [0.3, 0.4) is 0 Å². The molecule has 16 heavy (non-hydrogen) atoms. The zero-order chi connectivity index (χ0) is 12.2. The summed E-state index contributed by atoms with van der Waals surface area (Å²) in [4.78, 5) is 11.2. The van der Waals surface area contributed by atoms with E-state index in [-0.39, 0.29) is 0 Å². The molecular weight excluding hydrogens is 206 g/mol. The summed E-state index contributed by atoms with van der Waals surface area (Å²) in [6.45, 7) is 6.81. The first-order valence-electron chi connectivity index (χ1n) is 5.46. The van der Waals surface area contributed by atoms with Gasteiger partial charge in [-0.25, -0.2) is 0 Å². The number of aryl methyl sites for hydroxylation is 2. The predicted octanol–water partition coefficient (Wildman–Crippen LogP) is 1.03. The molecule has 0 radical (unpaired) electrons. The Morgan fingerprint density at radius 3 is 2.81 bits per heavy atom. The molecule has 5 heteroatoms. The highest BCUT2D eigenvalue weighted by atomic mass is 16.4. The van der Waals surface area contributed by atoms with Gasteiger partial charge in [0.15, 0.2) is 0 Å². The molecule has 2 N–H and O–H groups in total. The maximum atomic E-state index is 11.2. The molecule has 0 saturated carbocycles. The Balaban J connectivity index is 2.64. The SMILES string of the molecule is CCNC(C)(CCn1nccc1C)C(=O)O. The molecule has 0 aliphatic heterocycles. The van der Waals surface area contributed by atoms with Gasteiger partial charge in [-0.3, -0.25) is 9.48 Å². The van der Waals surface area contributed by atoms with Crippen molar-refractivity contribution >= 4 is 5.97 Å². The van der Waals surface area contributed by atoms with E-state index in [2.05, 4.69) is 10.4 Å². The second-order valence-electron chi connectivity index (χ2n) is 4.11. The van der Waals surface area contributed by atoms with Crippen molar-refractivity contribution in [2.75, 3.05) is 6.54 Å². The van der Waals surface area contributed by atoms with E-state index in [0.717, 1.165) is 5.69 Å². The van der Waals surface area contributed by atoms with E-state index in [9.17, 15) is 4.79 Å². The minimum Gasteiger partial charge on any atom is -0.480 e. The molecule has 90 valence electrons. The van der Waals surface area contributed by atoms with Gasteiger partial charge < -0.3 is 10.4 Å². The van der Waals surface area contributed by atoms with Gasteiger partial charge in [-0.1, -0.05) is 6.92 Å². The molecule has 0 saturated heterocycles. The van der Waals surface area contributed by atoms with Crippen LogP contribution in [0.5, 0.6) is 0 Å². The Kier molecular flexibility index (Phi) is 4.06. The number of carboxylic acids is 1. The highest BCUT2D eigenvalue weighted by Gasteiger charge is 2.31. The van der Waals surface area contributed by atoms with Gasteiger partial charge in [0.25, 0.3) is 0 Å². The number of hydrogen-bond donors (Lipinski definition) is 2. The smallest absolute Gasteiger partial charge is 0.323 e. The molecule has 1 aromatic rings. The number of nitrogens with one attached hydrogen (secondary N) is 1. The molecular formula is C11H19N3O2. The summed E-state index contributed by atoms with van der Waals surface area (Å²) < 4.78 is 1.82. The van der Waals surface area contributed by atoms with E-state index >= 15 is 0 Å². The molecule has 1 rings (SSSR count). The largest absolute Gasteiger partial charge is 0.480 e. The maximum absolute atomic E-state index is 11.2. The third kappa shape index (κ3) is 2.82. The summed E-state index contributed by atoms with van der Waals surface area (Å²) in [6, 6.07) is 1.91. The first kappa shape index (κ1) is 12.7. The van der Waals surface area contributed by atoms with Crippen LogP contribution in [0.25, 0.3) is 0 Å². The quantitative estimate of drug-likeness (QED) is 0.759. The van der Waals surface area contributed by atoms with Gasteiger partial charge in [0, 0.05) is 18.4 Å². The monoisotopic (exact) mass is 225 g/mol. The van der Waals surface area contributed by atoms with Crippen molar-refractivity contribution in [1.82, 2.24) is 15.1 Å². The summed E-state index contributed by atoms with van der Waals surface area (Å²) >= 11 is 0. The Morgan fingerprint density at radius 1 is 1.69 bits per heavy atom. The van der Waals surface area contributed by atoms with Gasteiger partial charge in [-0.2, -0.15) is 5.10 Å². The maximum Gasteiger partial charge on any atom is 0.323 e. The summed E-state index contributed by atoms with van der Waals surface area (Å²) in [5.41, 5.74) is 0.164. The highest BCUT2D eigenvalue weighted by molar-refractivity contribution is 5.78. The van der Waals surface area contributed by atoms with Crippen LogP contribution in [0.15, 0.2) is 12.3 Å². The van der Waals surface area contributed by atoms with Crippen molar-refractivity contribution in [3.63, 3.8) is 0 Å². The lowest BCUT2D eigenvalue weighted by Crippen LogP contribution is -2.50. The van der Waals surface area contributed by atoms with E-state index < -0.39 is 11.5 Å². The van der Waals surface area contributed by atoms with Crippen LogP contribution in [0, 0.1) is 6.92 Å². The average Bonchev–Trinajstić information content (AvgIpc) is 2.61. The first-order chi connectivity index (χ1) is 7.49. The summed E-state index contributed by atoms with van der Waals surface area (Å²) in [7, 11) is 0. The van der Waals surface area contributed by atoms with Crippen LogP contribution < -0.4 is 5.32 Å². The number of carboxylic acid groups (broad SMARTS) is 1. The molecule has 0 bridgehead atoms. The van der Waals surface area contributed by atoms with E-state index in [1.807, 2.05) is 24.6 Å². The number of rotatable bonds is 6. The molecule has 1 aromatic heterocycles. The predicted molar refractivity (Wildman–Crippen MR) is 61.3 cm³/mol. The molecule has 5 nitrogen and oxygen atoms in total. The fraction of sp³-hybridized carbons (Fsp3) is 0.636. The second kappa shape index (κ2) is 5.12. The first-order valence-corrected chi connectivity index (χ1v) is 5.46. The van der Waals surface area contributed by atoms with Crippen LogP contribution in [-0.4, -0.2) is 32.9 Å². The number of aromatic nitrogens is 2.